The zero-order valence-corrected chi connectivity index (χ0v) is 12.9. The minimum Gasteiger partial charge on any atom is -0.480 e. The third-order valence-corrected chi connectivity index (χ3v) is 3.35. The van der Waals surface area contributed by atoms with Crippen LogP contribution >= 0.6 is 0 Å². The molecule has 2 atom stereocenters. The zero-order chi connectivity index (χ0) is 15.8. The van der Waals surface area contributed by atoms with E-state index in [9.17, 15) is 9.59 Å². The molecule has 1 amide bonds. The molecule has 0 aromatic heterocycles. The highest BCUT2D eigenvalue weighted by Gasteiger charge is 2.24. The summed E-state index contributed by atoms with van der Waals surface area (Å²) in [5.74, 6) is -1.11. The Morgan fingerprint density at radius 1 is 1.24 bits per heavy atom. The molecule has 0 saturated carbocycles. The maximum Gasteiger partial charge on any atom is 0.323 e. The van der Waals surface area contributed by atoms with Gasteiger partial charge in [-0.15, -0.1) is 0 Å². The second-order valence-electron chi connectivity index (χ2n) is 5.23. The molecule has 21 heavy (non-hydrogen) atoms. The fraction of sp³-hybridized carbons (Fsp3) is 0.500. The van der Waals surface area contributed by atoms with Gasteiger partial charge in [-0.1, -0.05) is 31.5 Å². The van der Waals surface area contributed by atoms with Crippen molar-refractivity contribution in [1.29, 1.82) is 0 Å². The number of amides is 1. The van der Waals surface area contributed by atoms with Gasteiger partial charge in [0.2, 0.25) is 5.91 Å². The Morgan fingerprint density at radius 2 is 1.86 bits per heavy atom. The maximum absolute atomic E-state index is 12.3. The molecule has 5 heteroatoms. The molecular weight excluding hydrogens is 268 g/mol. The first-order valence-electron chi connectivity index (χ1n) is 7.29. The normalized spacial score (nSPS) is 13.3. The number of carbonyl (C=O) groups excluding carboxylic acids is 1. The van der Waals surface area contributed by atoms with Gasteiger partial charge >= 0.3 is 5.97 Å². The van der Waals surface area contributed by atoms with Gasteiger partial charge in [0, 0.05) is 11.7 Å². The lowest BCUT2D eigenvalue weighted by atomic mass is 10.1. The number of benzene rings is 1. The van der Waals surface area contributed by atoms with Gasteiger partial charge in [-0.2, -0.15) is 0 Å². The van der Waals surface area contributed by atoms with Crippen LogP contribution in [0, 0.1) is 0 Å². The highest BCUT2D eigenvalue weighted by Crippen LogP contribution is 2.16. The van der Waals surface area contributed by atoms with E-state index >= 15 is 0 Å². The number of hydrogen-bond donors (Lipinski definition) is 2. The fourth-order valence-electron chi connectivity index (χ4n) is 2.23. The molecule has 0 fully saturated rings. The van der Waals surface area contributed by atoms with Crippen LogP contribution in [0.5, 0.6) is 0 Å². The Kier molecular flexibility index (Phi) is 6.72. The Bertz CT molecular complexity index is 462. The number of carboxylic acids is 1. The first-order valence-corrected chi connectivity index (χ1v) is 7.29. The summed E-state index contributed by atoms with van der Waals surface area (Å²) in [7, 11) is 0. The lowest BCUT2D eigenvalue weighted by Crippen LogP contribution is -2.49. The van der Waals surface area contributed by atoms with Crippen molar-refractivity contribution in [3.63, 3.8) is 0 Å². The average molecular weight is 292 g/mol. The number of nitrogens with one attached hydrogen (secondary N) is 1. The molecule has 0 spiro atoms. The van der Waals surface area contributed by atoms with E-state index in [1.165, 1.54) is 0 Å². The minimum absolute atomic E-state index is 0.0902. The smallest absolute Gasteiger partial charge is 0.323 e. The summed E-state index contributed by atoms with van der Waals surface area (Å²) in [4.78, 5) is 24.9. The fourth-order valence-corrected chi connectivity index (χ4v) is 2.23. The van der Waals surface area contributed by atoms with Crippen LogP contribution in [0.25, 0.3) is 0 Å². The van der Waals surface area contributed by atoms with E-state index in [-0.39, 0.29) is 18.5 Å². The van der Waals surface area contributed by atoms with Gasteiger partial charge in [0.05, 0.1) is 0 Å². The van der Waals surface area contributed by atoms with E-state index in [4.69, 9.17) is 5.11 Å². The third-order valence-electron chi connectivity index (χ3n) is 3.35. The van der Waals surface area contributed by atoms with Gasteiger partial charge in [0.25, 0.3) is 0 Å². The molecule has 0 radical (unpaired) electrons. The van der Waals surface area contributed by atoms with Gasteiger partial charge in [-0.3, -0.25) is 9.59 Å². The van der Waals surface area contributed by atoms with Gasteiger partial charge in [-0.05, 0) is 32.4 Å². The van der Waals surface area contributed by atoms with Crippen molar-refractivity contribution >= 4 is 17.6 Å². The molecule has 0 aliphatic rings. The molecule has 0 bridgehead atoms. The summed E-state index contributed by atoms with van der Waals surface area (Å²) in [5, 5.41) is 12.0. The topological polar surface area (TPSA) is 69.6 Å². The number of para-hydroxylation sites is 1. The van der Waals surface area contributed by atoms with Crippen molar-refractivity contribution in [3.05, 3.63) is 30.3 Å². The summed E-state index contributed by atoms with van der Waals surface area (Å²) in [5.41, 5.74) is 0.727. The lowest BCUT2D eigenvalue weighted by molar-refractivity contribution is -0.135. The van der Waals surface area contributed by atoms with Crippen molar-refractivity contribution in [1.82, 2.24) is 5.32 Å². The van der Waals surface area contributed by atoms with Crippen molar-refractivity contribution in [2.75, 3.05) is 11.4 Å². The largest absolute Gasteiger partial charge is 0.480 e. The van der Waals surface area contributed by atoms with Gasteiger partial charge in [0.1, 0.15) is 12.6 Å². The van der Waals surface area contributed by atoms with Crippen molar-refractivity contribution in [3.8, 4) is 0 Å². The number of carboxylic acid groups (broad SMARTS) is 1. The molecule has 116 valence electrons. The van der Waals surface area contributed by atoms with Crippen LogP contribution in [0.3, 0.4) is 0 Å². The van der Waals surface area contributed by atoms with E-state index in [1.54, 1.807) is 11.8 Å². The second kappa shape index (κ2) is 8.29. The standard InChI is InChI=1S/C16H24N2O3/c1-4-8-12(2)17-16(21)13(3)18(11-15(19)20)14-9-6-5-7-10-14/h5-7,9-10,12-13H,4,8,11H2,1-3H3,(H,17,21)(H,19,20). The highest BCUT2D eigenvalue weighted by molar-refractivity contribution is 5.87. The Balaban J connectivity index is 2.83. The molecule has 0 saturated heterocycles. The SMILES string of the molecule is CCCC(C)NC(=O)C(C)N(CC(=O)O)c1ccccc1. The quantitative estimate of drug-likeness (QED) is 0.771. The number of carbonyl (C=O) groups is 2. The van der Waals surface area contributed by atoms with E-state index < -0.39 is 12.0 Å². The number of anilines is 1. The summed E-state index contributed by atoms with van der Waals surface area (Å²) in [6, 6.07) is 8.68. The molecule has 2 N–H and O–H groups in total. The summed E-state index contributed by atoms with van der Waals surface area (Å²) < 4.78 is 0. The van der Waals surface area contributed by atoms with Crippen LogP contribution in [0.1, 0.15) is 33.6 Å². The van der Waals surface area contributed by atoms with Crippen molar-refractivity contribution in [2.24, 2.45) is 0 Å². The average Bonchev–Trinajstić information content (AvgIpc) is 2.45. The molecule has 0 aliphatic heterocycles. The maximum atomic E-state index is 12.3. The van der Waals surface area contributed by atoms with Crippen LogP contribution < -0.4 is 10.2 Å². The number of rotatable bonds is 8. The predicted molar refractivity (Wildman–Crippen MR) is 83.4 cm³/mol. The molecular formula is C16H24N2O3. The van der Waals surface area contributed by atoms with Gasteiger partial charge in [-0.25, -0.2) is 0 Å². The number of nitrogens with zero attached hydrogens (tertiary/aromatic N) is 1. The van der Waals surface area contributed by atoms with Gasteiger partial charge in [0.15, 0.2) is 0 Å². The van der Waals surface area contributed by atoms with Crippen molar-refractivity contribution in [2.45, 2.75) is 45.7 Å². The molecule has 2 unspecified atom stereocenters. The van der Waals surface area contributed by atoms with E-state index in [2.05, 4.69) is 12.2 Å². The summed E-state index contributed by atoms with van der Waals surface area (Å²) >= 11 is 0. The van der Waals surface area contributed by atoms with Gasteiger partial charge < -0.3 is 15.3 Å². The Labute approximate surface area is 126 Å². The summed E-state index contributed by atoms with van der Waals surface area (Å²) in [6.45, 7) is 5.54. The van der Waals surface area contributed by atoms with Crippen LogP contribution in [-0.2, 0) is 9.59 Å². The van der Waals surface area contributed by atoms with E-state index in [0.717, 1.165) is 18.5 Å². The lowest BCUT2D eigenvalue weighted by Gasteiger charge is -2.29. The van der Waals surface area contributed by atoms with Crippen LogP contribution in [0.2, 0.25) is 0 Å². The third kappa shape index (κ3) is 5.45. The first-order chi connectivity index (χ1) is 9.95. The van der Waals surface area contributed by atoms with Crippen LogP contribution in [0.15, 0.2) is 30.3 Å². The molecule has 1 rings (SSSR count). The van der Waals surface area contributed by atoms with Crippen LogP contribution in [0.4, 0.5) is 5.69 Å². The first kappa shape index (κ1) is 17.0. The monoisotopic (exact) mass is 292 g/mol. The molecule has 1 aromatic carbocycles. The molecule has 0 aliphatic carbocycles. The van der Waals surface area contributed by atoms with E-state index in [0.29, 0.717) is 0 Å². The zero-order valence-electron chi connectivity index (χ0n) is 12.9. The van der Waals surface area contributed by atoms with E-state index in [1.807, 2.05) is 37.3 Å². The number of aliphatic carboxylic acids is 1. The van der Waals surface area contributed by atoms with Crippen molar-refractivity contribution < 1.29 is 14.7 Å². The molecule has 5 nitrogen and oxygen atoms in total. The predicted octanol–water partition coefficient (Wildman–Crippen LogP) is 2.27. The Hall–Kier alpha value is -2.04. The highest BCUT2D eigenvalue weighted by atomic mass is 16.4. The molecule has 0 heterocycles. The minimum atomic E-state index is -0.958. The number of hydrogen-bond acceptors (Lipinski definition) is 3. The van der Waals surface area contributed by atoms with Crippen LogP contribution in [-0.4, -0.2) is 35.6 Å². The summed E-state index contributed by atoms with van der Waals surface area (Å²) in [6.07, 6.45) is 1.90. The molecule has 1 aromatic rings. The Morgan fingerprint density at radius 3 is 2.38 bits per heavy atom. The second-order valence-corrected chi connectivity index (χ2v) is 5.23.